The number of nitrogens with one attached hydrogen (secondary N) is 1. The van der Waals surface area contributed by atoms with Gasteiger partial charge in [0, 0.05) is 5.69 Å². The van der Waals surface area contributed by atoms with Crippen molar-refractivity contribution in [3.05, 3.63) is 59.2 Å². The van der Waals surface area contributed by atoms with Crippen LogP contribution in [0.4, 0.5) is 5.69 Å². The average molecular weight is 341 g/mol. The SMILES string of the molecule is Cc1cccc(O[C@@H](C)C(=O)OCC(=O)Nc2cc(C)ccc2C)c1. The van der Waals surface area contributed by atoms with Gasteiger partial charge in [0.1, 0.15) is 5.75 Å². The van der Waals surface area contributed by atoms with Crippen molar-refractivity contribution in [2.24, 2.45) is 0 Å². The summed E-state index contributed by atoms with van der Waals surface area (Å²) in [6.45, 7) is 7.02. The van der Waals surface area contributed by atoms with Crippen molar-refractivity contribution in [3.8, 4) is 5.75 Å². The zero-order chi connectivity index (χ0) is 18.4. The number of amides is 1. The van der Waals surface area contributed by atoms with Gasteiger partial charge >= 0.3 is 5.97 Å². The van der Waals surface area contributed by atoms with E-state index in [2.05, 4.69) is 5.32 Å². The molecule has 2 aromatic carbocycles. The fourth-order valence-corrected chi connectivity index (χ4v) is 2.25. The summed E-state index contributed by atoms with van der Waals surface area (Å²) < 4.78 is 10.6. The Morgan fingerprint density at radius 1 is 1.04 bits per heavy atom. The maximum Gasteiger partial charge on any atom is 0.347 e. The van der Waals surface area contributed by atoms with Crippen molar-refractivity contribution in [3.63, 3.8) is 0 Å². The molecule has 5 heteroatoms. The third kappa shape index (κ3) is 5.64. The van der Waals surface area contributed by atoms with Crippen LogP contribution in [-0.2, 0) is 14.3 Å². The molecule has 0 unspecified atom stereocenters. The van der Waals surface area contributed by atoms with E-state index in [1.54, 1.807) is 13.0 Å². The molecule has 0 spiro atoms. The number of hydrogen-bond acceptors (Lipinski definition) is 4. The van der Waals surface area contributed by atoms with Crippen LogP contribution in [-0.4, -0.2) is 24.6 Å². The van der Waals surface area contributed by atoms with E-state index in [9.17, 15) is 9.59 Å². The molecule has 0 aliphatic rings. The first kappa shape index (κ1) is 18.5. The van der Waals surface area contributed by atoms with Crippen molar-refractivity contribution in [1.29, 1.82) is 0 Å². The standard InChI is InChI=1S/C20H23NO4/c1-13-6-5-7-17(10-13)25-16(4)20(23)24-12-19(22)21-18-11-14(2)8-9-15(18)3/h5-11,16H,12H2,1-4H3,(H,21,22)/t16-/m0/s1. The third-order valence-corrected chi connectivity index (χ3v) is 3.65. The quantitative estimate of drug-likeness (QED) is 0.816. The van der Waals surface area contributed by atoms with Crippen LogP contribution in [0.15, 0.2) is 42.5 Å². The molecule has 0 aliphatic heterocycles. The fraction of sp³-hybridized carbons (Fsp3) is 0.300. The Balaban J connectivity index is 1.84. The molecule has 0 saturated carbocycles. The highest BCUT2D eigenvalue weighted by atomic mass is 16.6. The lowest BCUT2D eigenvalue weighted by Gasteiger charge is -2.14. The molecule has 0 fully saturated rings. The van der Waals surface area contributed by atoms with Crippen LogP contribution in [0.2, 0.25) is 0 Å². The molecule has 0 aliphatic carbocycles. The van der Waals surface area contributed by atoms with Crippen LogP contribution in [0.3, 0.4) is 0 Å². The second-order valence-corrected chi connectivity index (χ2v) is 6.05. The molecular formula is C20H23NO4. The number of anilines is 1. The molecule has 1 atom stereocenters. The minimum atomic E-state index is -0.796. The second-order valence-electron chi connectivity index (χ2n) is 6.05. The lowest BCUT2D eigenvalue weighted by atomic mass is 10.1. The lowest BCUT2D eigenvalue weighted by Crippen LogP contribution is -2.29. The highest BCUT2D eigenvalue weighted by molar-refractivity contribution is 5.93. The Labute approximate surface area is 148 Å². The molecule has 0 heterocycles. The third-order valence-electron chi connectivity index (χ3n) is 3.65. The Morgan fingerprint density at radius 3 is 2.48 bits per heavy atom. The summed E-state index contributed by atoms with van der Waals surface area (Å²) in [5.74, 6) is -0.383. The maximum atomic E-state index is 12.0. The van der Waals surface area contributed by atoms with Crippen molar-refractivity contribution in [1.82, 2.24) is 0 Å². The molecule has 0 aromatic heterocycles. The first-order valence-electron chi connectivity index (χ1n) is 8.12. The Morgan fingerprint density at radius 2 is 1.76 bits per heavy atom. The van der Waals surface area contributed by atoms with Crippen LogP contribution in [0.1, 0.15) is 23.6 Å². The predicted molar refractivity (Wildman–Crippen MR) is 96.8 cm³/mol. The van der Waals surface area contributed by atoms with E-state index in [4.69, 9.17) is 9.47 Å². The van der Waals surface area contributed by atoms with Gasteiger partial charge in [-0.25, -0.2) is 4.79 Å². The number of carbonyl (C=O) groups is 2. The van der Waals surface area contributed by atoms with Crippen LogP contribution in [0.25, 0.3) is 0 Å². The molecule has 2 rings (SSSR count). The van der Waals surface area contributed by atoms with Crippen molar-refractivity contribution in [2.75, 3.05) is 11.9 Å². The number of ether oxygens (including phenoxy) is 2. The monoisotopic (exact) mass is 341 g/mol. The van der Waals surface area contributed by atoms with Gasteiger partial charge in [-0.3, -0.25) is 4.79 Å². The largest absolute Gasteiger partial charge is 0.479 e. The lowest BCUT2D eigenvalue weighted by molar-refractivity contribution is -0.153. The summed E-state index contributed by atoms with van der Waals surface area (Å²) >= 11 is 0. The Kier molecular flexibility index (Phi) is 6.17. The second kappa shape index (κ2) is 8.33. The molecule has 1 amide bonds. The molecule has 2 aromatic rings. The van der Waals surface area contributed by atoms with Crippen molar-refractivity contribution in [2.45, 2.75) is 33.8 Å². The van der Waals surface area contributed by atoms with E-state index in [1.165, 1.54) is 0 Å². The van der Waals surface area contributed by atoms with E-state index in [-0.39, 0.29) is 12.5 Å². The molecule has 5 nitrogen and oxygen atoms in total. The van der Waals surface area contributed by atoms with Gasteiger partial charge in [0.25, 0.3) is 5.91 Å². The van der Waals surface area contributed by atoms with Gasteiger partial charge in [-0.2, -0.15) is 0 Å². The zero-order valence-corrected chi connectivity index (χ0v) is 15.0. The summed E-state index contributed by atoms with van der Waals surface area (Å²) in [5, 5.41) is 2.75. The maximum absolute atomic E-state index is 12.0. The number of benzene rings is 2. The van der Waals surface area contributed by atoms with Gasteiger partial charge in [-0.05, 0) is 62.6 Å². The van der Waals surface area contributed by atoms with Gasteiger partial charge in [-0.15, -0.1) is 0 Å². The molecule has 132 valence electrons. The smallest absolute Gasteiger partial charge is 0.347 e. The van der Waals surface area contributed by atoms with Gasteiger partial charge < -0.3 is 14.8 Å². The highest BCUT2D eigenvalue weighted by Gasteiger charge is 2.18. The number of esters is 1. The van der Waals surface area contributed by atoms with E-state index in [0.29, 0.717) is 11.4 Å². The van der Waals surface area contributed by atoms with E-state index in [0.717, 1.165) is 16.7 Å². The number of hydrogen-bond donors (Lipinski definition) is 1. The number of aryl methyl sites for hydroxylation is 3. The summed E-state index contributed by atoms with van der Waals surface area (Å²) in [6, 6.07) is 13.2. The first-order chi connectivity index (χ1) is 11.8. The van der Waals surface area contributed by atoms with Crippen LogP contribution in [0.5, 0.6) is 5.75 Å². The minimum absolute atomic E-state index is 0.353. The minimum Gasteiger partial charge on any atom is -0.479 e. The predicted octanol–water partition coefficient (Wildman–Crippen LogP) is 3.56. The molecule has 0 saturated heterocycles. The summed E-state index contributed by atoms with van der Waals surface area (Å²) in [4.78, 5) is 24.0. The van der Waals surface area contributed by atoms with E-state index >= 15 is 0 Å². The Bertz CT molecular complexity index is 770. The number of carbonyl (C=O) groups excluding carboxylic acids is 2. The van der Waals surface area contributed by atoms with Crippen LogP contribution < -0.4 is 10.1 Å². The van der Waals surface area contributed by atoms with Crippen molar-refractivity contribution < 1.29 is 19.1 Å². The molecule has 0 radical (unpaired) electrons. The van der Waals surface area contributed by atoms with Gasteiger partial charge in [0.15, 0.2) is 12.7 Å². The van der Waals surface area contributed by atoms with Crippen LogP contribution in [0, 0.1) is 20.8 Å². The summed E-state index contributed by atoms with van der Waals surface area (Å²) in [6.07, 6.45) is -0.796. The normalized spacial score (nSPS) is 11.5. The van der Waals surface area contributed by atoms with Gasteiger partial charge in [0.2, 0.25) is 0 Å². The van der Waals surface area contributed by atoms with Gasteiger partial charge in [-0.1, -0.05) is 24.3 Å². The molecule has 0 bridgehead atoms. The van der Waals surface area contributed by atoms with E-state index in [1.807, 2.05) is 57.2 Å². The Hall–Kier alpha value is -2.82. The summed E-state index contributed by atoms with van der Waals surface area (Å²) in [7, 11) is 0. The first-order valence-corrected chi connectivity index (χ1v) is 8.12. The fourth-order valence-electron chi connectivity index (χ4n) is 2.25. The highest BCUT2D eigenvalue weighted by Crippen LogP contribution is 2.16. The number of rotatable bonds is 6. The van der Waals surface area contributed by atoms with Gasteiger partial charge in [0.05, 0.1) is 0 Å². The molecule has 25 heavy (non-hydrogen) atoms. The zero-order valence-electron chi connectivity index (χ0n) is 15.0. The van der Waals surface area contributed by atoms with Crippen molar-refractivity contribution >= 4 is 17.6 Å². The average Bonchev–Trinajstić information content (AvgIpc) is 2.56. The molecular weight excluding hydrogens is 318 g/mol. The van der Waals surface area contributed by atoms with Crippen LogP contribution >= 0.6 is 0 Å². The summed E-state index contributed by atoms with van der Waals surface area (Å²) in [5.41, 5.74) is 3.73. The molecule has 1 N–H and O–H groups in total. The topological polar surface area (TPSA) is 64.6 Å². The van der Waals surface area contributed by atoms with E-state index < -0.39 is 12.1 Å².